The number of ether oxygens (including phenoxy) is 3. The summed E-state index contributed by atoms with van der Waals surface area (Å²) in [7, 11) is 0. The van der Waals surface area contributed by atoms with E-state index >= 15 is 0 Å². The molecule has 0 aromatic rings. The molecule has 6 atom stereocenters. The van der Waals surface area contributed by atoms with Crippen LogP contribution in [-0.4, -0.2) is 40.9 Å². The van der Waals surface area contributed by atoms with E-state index in [1.54, 1.807) is 5.57 Å². The van der Waals surface area contributed by atoms with Crippen molar-refractivity contribution in [2.75, 3.05) is 13.2 Å². The van der Waals surface area contributed by atoms with E-state index in [0.717, 1.165) is 58.2 Å². The molecular weight excluding hydrogens is 472 g/mol. The number of hydrogen-bond donors (Lipinski definition) is 1. The first-order chi connectivity index (χ1) is 12.9. The maximum Gasteiger partial charge on any atom is 0.171 e. The number of aliphatic hydroxyl groups is 1. The van der Waals surface area contributed by atoms with Crippen LogP contribution in [0.25, 0.3) is 0 Å². The van der Waals surface area contributed by atoms with Crippen LogP contribution >= 0.6 is 40.5 Å². The van der Waals surface area contributed by atoms with E-state index in [1.165, 1.54) is 6.42 Å². The van der Waals surface area contributed by atoms with Crippen LogP contribution in [0.15, 0.2) is 24.3 Å². The highest BCUT2D eigenvalue weighted by Crippen LogP contribution is 2.74. The van der Waals surface area contributed by atoms with E-state index in [-0.39, 0.29) is 85.2 Å². The lowest BCUT2D eigenvalue weighted by Crippen LogP contribution is -2.54. The van der Waals surface area contributed by atoms with Gasteiger partial charge in [-0.2, -0.15) is 40.5 Å². The summed E-state index contributed by atoms with van der Waals surface area (Å²) in [5.41, 5.74) is 0.819. The third-order valence-electron chi connectivity index (χ3n) is 9.48. The zero-order chi connectivity index (χ0) is 18.5. The molecule has 0 bridgehead atoms. The van der Waals surface area contributed by atoms with Gasteiger partial charge in [0.1, 0.15) is 11.2 Å². The molecule has 0 aromatic carbocycles. The molecule has 2 saturated heterocycles. The molecule has 196 valence electrons. The number of allylic oxidation sites excluding steroid dienone is 1. The quantitative estimate of drug-likeness (QED) is 0.350. The van der Waals surface area contributed by atoms with Crippen molar-refractivity contribution >= 4 is 40.5 Å². The van der Waals surface area contributed by atoms with Crippen molar-refractivity contribution in [1.82, 2.24) is 0 Å². The average molecular weight is 523 g/mol. The topological polar surface area (TPSA) is 51.2 Å². The lowest BCUT2D eigenvalue weighted by Gasteiger charge is -2.52. The summed E-state index contributed by atoms with van der Waals surface area (Å²) in [6.07, 6.45) is 13.2. The molecule has 1 spiro atoms. The van der Waals surface area contributed by atoms with E-state index in [9.17, 15) is 5.11 Å². The molecule has 4 aliphatic carbocycles. The van der Waals surface area contributed by atoms with E-state index in [1.807, 2.05) is 6.08 Å². The summed E-state index contributed by atoms with van der Waals surface area (Å²) >= 11 is 0. The predicted octanol–water partition coefficient (Wildman–Crippen LogP) is 6.13. The second kappa shape index (κ2) is 10.4. The first kappa shape index (κ1) is 33.4. The Kier molecular flexibility index (Phi) is 10.5. The highest BCUT2D eigenvalue weighted by atomic mass is 32.1. The number of hydrogen-bond acceptors (Lipinski definition) is 4. The van der Waals surface area contributed by atoms with Gasteiger partial charge in [0, 0.05) is 18.3 Å². The molecule has 7 heteroatoms. The Morgan fingerprint density at radius 3 is 2.33 bits per heavy atom. The smallest absolute Gasteiger partial charge is 0.171 e. The van der Waals surface area contributed by atoms with Crippen molar-refractivity contribution in [2.24, 2.45) is 17.3 Å². The molecular formula is C26H50O4S3. The Labute approximate surface area is 223 Å². The van der Waals surface area contributed by atoms with Crippen LogP contribution in [0.1, 0.15) is 87.0 Å². The van der Waals surface area contributed by atoms with Crippen LogP contribution in [0, 0.1) is 17.3 Å². The second-order valence-electron chi connectivity index (χ2n) is 10.3. The fourth-order valence-electron chi connectivity index (χ4n) is 8.01. The zero-order valence-electron chi connectivity index (χ0n) is 18.0. The van der Waals surface area contributed by atoms with Crippen molar-refractivity contribution in [2.45, 2.75) is 110 Å². The van der Waals surface area contributed by atoms with Gasteiger partial charge in [-0.1, -0.05) is 41.4 Å². The highest BCUT2D eigenvalue weighted by molar-refractivity contribution is 7.59. The van der Waals surface area contributed by atoms with Gasteiger partial charge in [0.15, 0.2) is 5.79 Å². The maximum atomic E-state index is 11.4. The molecule has 5 fully saturated rings. The van der Waals surface area contributed by atoms with Gasteiger partial charge in [-0.05, 0) is 62.4 Å². The first-order valence-electron chi connectivity index (χ1n) is 10.9. The van der Waals surface area contributed by atoms with Gasteiger partial charge in [-0.15, -0.1) is 6.58 Å². The zero-order valence-corrected chi connectivity index (χ0v) is 21.0. The maximum absolute atomic E-state index is 11.4. The fraction of sp³-hybridized carbons (Fsp3) is 0.846. The summed E-state index contributed by atoms with van der Waals surface area (Å²) in [5.74, 6) is 0.750. The number of rotatable bonds is 2. The Morgan fingerprint density at radius 2 is 1.70 bits per heavy atom. The summed E-state index contributed by atoms with van der Waals surface area (Å²) in [4.78, 5) is 0. The Morgan fingerprint density at radius 1 is 1.03 bits per heavy atom. The molecule has 0 aromatic heterocycles. The molecule has 33 heavy (non-hydrogen) atoms. The molecule has 0 unspecified atom stereocenters. The summed E-state index contributed by atoms with van der Waals surface area (Å²) in [6, 6.07) is 0. The Balaban J connectivity index is 0.00000171. The molecule has 0 amide bonds. The van der Waals surface area contributed by atoms with Crippen molar-refractivity contribution < 1.29 is 19.3 Å². The summed E-state index contributed by atoms with van der Waals surface area (Å²) in [6.45, 7) is 7.67. The van der Waals surface area contributed by atoms with Crippen LogP contribution in [-0.2, 0) is 14.2 Å². The number of fused-ring (bicyclic) bond motifs is 3. The van der Waals surface area contributed by atoms with E-state index in [0.29, 0.717) is 18.3 Å². The Bertz CT molecular complexity index is 739. The van der Waals surface area contributed by atoms with Crippen LogP contribution in [0.5, 0.6) is 0 Å². The fourth-order valence-corrected chi connectivity index (χ4v) is 8.01. The second-order valence-corrected chi connectivity index (χ2v) is 10.3. The van der Waals surface area contributed by atoms with Crippen LogP contribution in [0.4, 0.5) is 0 Å². The van der Waals surface area contributed by atoms with Crippen molar-refractivity contribution in [3.63, 3.8) is 0 Å². The predicted molar refractivity (Wildman–Crippen MR) is 152 cm³/mol. The molecule has 4 nitrogen and oxygen atoms in total. The first-order valence-corrected chi connectivity index (χ1v) is 10.9. The highest BCUT2D eigenvalue weighted by Gasteiger charge is 2.79. The van der Waals surface area contributed by atoms with Crippen LogP contribution in [0.3, 0.4) is 0 Å². The van der Waals surface area contributed by atoms with Crippen molar-refractivity contribution in [3.8, 4) is 0 Å². The minimum absolute atomic E-state index is 0. The van der Waals surface area contributed by atoms with E-state index in [4.69, 9.17) is 14.2 Å². The van der Waals surface area contributed by atoms with Gasteiger partial charge in [0.25, 0.3) is 0 Å². The van der Waals surface area contributed by atoms with Gasteiger partial charge in [0.2, 0.25) is 0 Å². The summed E-state index contributed by atoms with van der Waals surface area (Å²) in [5, 5.41) is 11.4. The van der Waals surface area contributed by atoms with Gasteiger partial charge in [-0.3, -0.25) is 0 Å². The Hall–Kier alpha value is 0.370. The van der Waals surface area contributed by atoms with Gasteiger partial charge >= 0.3 is 0 Å². The van der Waals surface area contributed by atoms with Crippen LogP contribution in [0.2, 0.25) is 0 Å². The molecule has 2 aliphatic heterocycles. The van der Waals surface area contributed by atoms with E-state index in [2.05, 4.69) is 19.6 Å². The minimum atomic E-state index is -0.597. The molecule has 3 saturated carbocycles. The molecule has 6 rings (SSSR count). The molecule has 0 radical (unpaired) electrons. The lowest BCUT2D eigenvalue weighted by molar-refractivity contribution is -0.185. The van der Waals surface area contributed by atoms with E-state index < -0.39 is 5.60 Å². The monoisotopic (exact) mass is 522 g/mol. The third-order valence-corrected chi connectivity index (χ3v) is 9.48. The minimum Gasteiger partial charge on any atom is -0.389 e. The van der Waals surface area contributed by atoms with Gasteiger partial charge in [0.05, 0.1) is 18.8 Å². The van der Waals surface area contributed by atoms with Crippen LogP contribution < -0.4 is 0 Å². The normalized spacial score (nSPS) is 44.6. The molecule has 2 heterocycles. The van der Waals surface area contributed by atoms with Gasteiger partial charge in [-0.25, -0.2) is 0 Å². The lowest BCUT2D eigenvalue weighted by atomic mass is 9.52. The largest absolute Gasteiger partial charge is 0.389 e. The standard InChI is InChI=1S/C23H32O4.3CH4.3H2S/c1-3-7-20(24)9-6-17-16-4-10-21-15-22(25-13-14-26-22)11-12-23(21,27-21)18(16)5-8-19(17,20)2;;;;;;/h3,5,16-17,24H,1,4,6-15H2,2H3;3*1H4;3*1H2/t16-,17-,19-,20-,21+,23+;;;;;;/m0....../s1. The summed E-state index contributed by atoms with van der Waals surface area (Å²) < 4.78 is 18.7. The van der Waals surface area contributed by atoms with Crippen molar-refractivity contribution in [1.29, 1.82) is 0 Å². The third kappa shape index (κ3) is 4.00. The number of epoxide rings is 1. The average Bonchev–Trinajstić information content (AvgIpc) is 2.99. The SMILES string of the molecule is C.C.C.C=CC[C@]1(O)CC[C@H]2[C@@H]3CC[C@@]45CC6(CC[C@@]4(O5)C3=CC[C@@]21C)OCCO6.S.S.S. The van der Waals surface area contributed by atoms with Gasteiger partial charge < -0.3 is 19.3 Å². The van der Waals surface area contributed by atoms with Crippen molar-refractivity contribution in [3.05, 3.63) is 24.3 Å². The molecule has 6 aliphatic rings. The molecule has 1 N–H and O–H groups in total.